The highest BCUT2D eigenvalue weighted by Crippen LogP contribution is 2.28. The molecule has 0 saturated heterocycles. The van der Waals surface area contributed by atoms with Gasteiger partial charge < -0.3 is 15.2 Å². The van der Waals surface area contributed by atoms with Crippen LogP contribution in [0.3, 0.4) is 0 Å². The zero-order chi connectivity index (χ0) is 14.4. The molecule has 5 nitrogen and oxygen atoms in total. The van der Waals surface area contributed by atoms with Crippen LogP contribution in [0.15, 0.2) is 18.2 Å². The van der Waals surface area contributed by atoms with E-state index >= 15 is 0 Å². The summed E-state index contributed by atoms with van der Waals surface area (Å²) in [7, 11) is 1.79. The van der Waals surface area contributed by atoms with E-state index in [1.54, 1.807) is 19.2 Å². The number of aromatic nitrogens is 1. The molecule has 1 aliphatic carbocycles. The summed E-state index contributed by atoms with van der Waals surface area (Å²) in [5, 5.41) is 12.1. The number of methoxy groups -OCH3 is 1. The van der Waals surface area contributed by atoms with E-state index in [4.69, 9.17) is 9.84 Å². The fourth-order valence-corrected chi connectivity index (χ4v) is 2.71. The Bertz CT molecular complexity index is 442. The van der Waals surface area contributed by atoms with E-state index in [0.717, 1.165) is 31.7 Å². The van der Waals surface area contributed by atoms with E-state index < -0.39 is 5.97 Å². The Hall–Kier alpha value is -1.62. The molecule has 1 aliphatic rings. The molecule has 2 N–H and O–H groups in total. The van der Waals surface area contributed by atoms with Crippen LogP contribution in [-0.4, -0.2) is 35.8 Å². The van der Waals surface area contributed by atoms with Crippen LogP contribution in [0.1, 0.15) is 42.6 Å². The van der Waals surface area contributed by atoms with E-state index in [1.165, 1.54) is 18.9 Å². The van der Waals surface area contributed by atoms with Crippen molar-refractivity contribution in [2.45, 2.75) is 38.2 Å². The summed E-state index contributed by atoms with van der Waals surface area (Å²) < 4.78 is 5.37. The number of aromatic carboxylic acids is 1. The first-order chi connectivity index (χ1) is 9.69. The summed E-state index contributed by atoms with van der Waals surface area (Å²) in [6, 6.07) is 5.01. The Balaban J connectivity index is 1.73. The van der Waals surface area contributed by atoms with Gasteiger partial charge >= 0.3 is 5.97 Å². The summed E-state index contributed by atoms with van der Waals surface area (Å²) in [4.78, 5) is 14.9. The first kappa shape index (κ1) is 14.8. The maximum absolute atomic E-state index is 10.8. The van der Waals surface area contributed by atoms with E-state index in [9.17, 15) is 4.79 Å². The number of carboxylic acids is 1. The Morgan fingerprint density at radius 3 is 2.80 bits per heavy atom. The molecule has 5 heteroatoms. The normalized spacial score (nSPS) is 22.4. The van der Waals surface area contributed by atoms with Crippen LogP contribution in [0.4, 0.5) is 5.82 Å². The lowest BCUT2D eigenvalue weighted by atomic mass is 9.85. The molecule has 0 unspecified atom stereocenters. The Labute approximate surface area is 119 Å². The van der Waals surface area contributed by atoms with Crippen molar-refractivity contribution in [3.8, 4) is 0 Å². The van der Waals surface area contributed by atoms with Crippen LogP contribution in [0.25, 0.3) is 0 Å². The number of pyridine rings is 1. The number of nitrogens with zero attached hydrogens (tertiary/aromatic N) is 1. The van der Waals surface area contributed by atoms with Crippen molar-refractivity contribution in [3.05, 3.63) is 23.9 Å². The second-order valence-corrected chi connectivity index (χ2v) is 5.31. The fraction of sp³-hybridized carbons (Fsp3) is 0.600. The molecule has 1 heterocycles. The summed E-state index contributed by atoms with van der Waals surface area (Å²) in [6.07, 6.45) is 6.25. The van der Waals surface area contributed by atoms with E-state index in [2.05, 4.69) is 10.3 Å². The van der Waals surface area contributed by atoms with Crippen LogP contribution in [0.2, 0.25) is 0 Å². The van der Waals surface area contributed by atoms with Gasteiger partial charge in [0.05, 0.1) is 6.10 Å². The van der Waals surface area contributed by atoms with Crippen molar-refractivity contribution >= 4 is 11.8 Å². The van der Waals surface area contributed by atoms with Gasteiger partial charge in [-0.1, -0.05) is 6.07 Å². The van der Waals surface area contributed by atoms with Crippen molar-refractivity contribution in [1.29, 1.82) is 0 Å². The highest BCUT2D eigenvalue weighted by molar-refractivity contribution is 5.85. The smallest absolute Gasteiger partial charge is 0.354 e. The predicted octanol–water partition coefficient (Wildman–Crippen LogP) is 2.79. The number of hydrogen-bond acceptors (Lipinski definition) is 4. The van der Waals surface area contributed by atoms with Gasteiger partial charge in [0, 0.05) is 13.7 Å². The zero-order valence-corrected chi connectivity index (χ0v) is 11.8. The van der Waals surface area contributed by atoms with Gasteiger partial charge in [0.1, 0.15) is 5.82 Å². The molecular weight excluding hydrogens is 256 g/mol. The first-order valence-corrected chi connectivity index (χ1v) is 7.16. The summed E-state index contributed by atoms with van der Waals surface area (Å²) >= 11 is 0. The average molecular weight is 278 g/mol. The van der Waals surface area contributed by atoms with Crippen LogP contribution < -0.4 is 5.32 Å². The SMILES string of the molecule is COC1CCC(CCNc2cccc(C(=O)O)n2)CC1. The molecule has 2 rings (SSSR count). The van der Waals surface area contributed by atoms with Crippen molar-refractivity contribution < 1.29 is 14.6 Å². The summed E-state index contributed by atoms with van der Waals surface area (Å²) in [6.45, 7) is 0.832. The highest BCUT2D eigenvalue weighted by Gasteiger charge is 2.20. The molecule has 1 saturated carbocycles. The Kier molecular flexibility index (Phi) is 5.35. The van der Waals surface area contributed by atoms with Crippen LogP contribution >= 0.6 is 0 Å². The van der Waals surface area contributed by atoms with Gasteiger partial charge in [-0.3, -0.25) is 0 Å². The molecule has 0 amide bonds. The second kappa shape index (κ2) is 7.24. The minimum atomic E-state index is -0.994. The molecule has 1 aromatic rings. The van der Waals surface area contributed by atoms with Crippen molar-refractivity contribution in [2.24, 2.45) is 5.92 Å². The topological polar surface area (TPSA) is 71.5 Å². The van der Waals surface area contributed by atoms with Gasteiger partial charge in [-0.2, -0.15) is 0 Å². The Morgan fingerprint density at radius 2 is 2.15 bits per heavy atom. The van der Waals surface area contributed by atoms with E-state index in [-0.39, 0.29) is 5.69 Å². The number of nitrogens with one attached hydrogen (secondary N) is 1. The lowest BCUT2D eigenvalue weighted by Crippen LogP contribution is -2.22. The zero-order valence-electron chi connectivity index (χ0n) is 11.8. The standard InChI is InChI=1S/C15H22N2O3/c1-20-12-7-5-11(6-8-12)9-10-16-14-4-2-3-13(17-14)15(18)19/h2-4,11-12H,5-10H2,1H3,(H,16,17)(H,18,19). The molecule has 0 aromatic carbocycles. The van der Waals surface area contributed by atoms with Gasteiger partial charge in [0.15, 0.2) is 5.69 Å². The monoisotopic (exact) mass is 278 g/mol. The number of anilines is 1. The maximum atomic E-state index is 10.8. The van der Waals surface area contributed by atoms with Crippen molar-refractivity contribution in [3.63, 3.8) is 0 Å². The van der Waals surface area contributed by atoms with Gasteiger partial charge in [-0.15, -0.1) is 0 Å². The summed E-state index contributed by atoms with van der Waals surface area (Å²) in [5.74, 6) is 0.374. The van der Waals surface area contributed by atoms with Gasteiger partial charge in [0.25, 0.3) is 0 Å². The number of ether oxygens (including phenoxy) is 1. The molecule has 20 heavy (non-hydrogen) atoms. The minimum absolute atomic E-state index is 0.0793. The average Bonchev–Trinajstić information content (AvgIpc) is 2.48. The number of rotatable bonds is 6. The minimum Gasteiger partial charge on any atom is -0.477 e. The van der Waals surface area contributed by atoms with Gasteiger partial charge in [-0.05, 0) is 50.2 Å². The van der Waals surface area contributed by atoms with Crippen LogP contribution in [0.5, 0.6) is 0 Å². The Morgan fingerprint density at radius 1 is 1.40 bits per heavy atom. The number of carbonyl (C=O) groups is 1. The lowest BCUT2D eigenvalue weighted by Gasteiger charge is -2.27. The largest absolute Gasteiger partial charge is 0.477 e. The lowest BCUT2D eigenvalue weighted by molar-refractivity contribution is 0.0561. The number of carboxylic acid groups (broad SMARTS) is 1. The molecule has 0 aliphatic heterocycles. The third-order valence-corrected chi connectivity index (χ3v) is 3.95. The van der Waals surface area contributed by atoms with Gasteiger partial charge in [-0.25, -0.2) is 9.78 Å². The van der Waals surface area contributed by atoms with Crippen molar-refractivity contribution in [2.75, 3.05) is 19.0 Å². The fourth-order valence-electron chi connectivity index (χ4n) is 2.71. The maximum Gasteiger partial charge on any atom is 0.354 e. The third kappa shape index (κ3) is 4.20. The summed E-state index contributed by atoms with van der Waals surface area (Å²) in [5.41, 5.74) is 0.0793. The highest BCUT2D eigenvalue weighted by atomic mass is 16.5. The molecule has 0 radical (unpaired) electrons. The van der Waals surface area contributed by atoms with Gasteiger partial charge in [0.2, 0.25) is 0 Å². The van der Waals surface area contributed by atoms with E-state index in [1.807, 2.05) is 0 Å². The molecule has 1 aromatic heterocycles. The molecule has 0 spiro atoms. The molecule has 0 bridgehead atoms. The quantitative estimate of drug-likeness (QED) is 0.837. The van der Waals surface area contributed by atoms with Crippen molar-refractivity contribution in [1.82, 2.24) is 4.98 Å². The molecular formula is C15H22N2O3. The molecule has 1 fully saturated rings. The molecule has 110 valence electrons. The van der Waals surface area contributed by atoms with E-state index in [0.29, 0.717) is 11.9 Å². The predicted molar refractivity (Wildman–Crippen MR) is 77.1 cm³/mol. The molecule has 0 atom stereocenters. The second-order valence-electron chi connectivity index (χ2n) is 5.31. The number of hydrogen-bond donors (Lipinski definition) is 2. The van der Waals surface area contributed by atoms with Crippen LogP contribution in [0, 0.1) is 5.92 Å². The third-order valence-electron chi connectivity index (χ3n) is 3.95. The van der Waals surface area contributed by atoms with Crippen LogP contribution in [-0.2, 0) is 4.74 Å². The first-order valence-electron chi connectivity index (χ1n) is 7.16.